The number of anilines is 1. The summed E-state index contributed by atoms with van der Waals surface area (Å²) in [6.07, 6.45) is 0. The molecule has 198 valence electrons. The maximum Gasteiger partial charge on any atom is 0.236 e. The van der Waals surface area contributed by atoms with E-state index in [1.165, 1.54) is 24.3 Å². The summed E-state index contributed by atoms with van der Waals surface area (Å²) in [4.78, 5) is 40.9. The Hall–Kier alpha value is -4.58. The van der Waals surface area contributed by atoms with E-state index in [1.54, 1.807) is 68.4 Å². The first-order valence-corrected chi connectivity index (χ1v) is 12.8. The summed E-state index contributed by atoms with van der Waals surface area (Å²) in [5, 5.41) is 2.82. The van der Waals surface area contributed by atoms with Crippen molar-refractivity contribution in [3.05, 3.63) is 132 Å². The molecule has 39 heavy (non-hydrogen) atoms. The molecule has 4 aromatic carbocycles. The van der Waals surface area contributed by atoms with Gasteiger partial charge in [0.2, 0.25) is 5.91 Å². The van der Waals surface area contributed by atoms with Crippen molar-refractivity contribution in [1.82, 2.24) is 0 Å². The number of Topliss-reactive ketones (excluding diaryl/α,β-unsaturated/α-hetero) is 2. The van der Waals surface area contributed by atoms with Gasteiger partial charge in [0.05, 0.1) is 5.92 Å². The summed E-state index contributed by atoms with van der Waals surface area (Å²) in [6.45, 7) is 3.81. The molecule has 0 saturated heterocycles. The third-order valence-corrected chi connectivity index (χ3v) is 6.43. The number of benzene rings is 4. The molecule has 2 atom stereocenters. The van der Waals surface area contributed by atoms with Crippen molar-refractivity contribution in [3.63, 3.8) is 0 Å². The van der Waals surface area contributed by atoms with E-state index in [9.17, 15) is 18.8 Å². The van der Waals surface area contributed by atoms with Crippen molar-refractivity contribution in [3.8, 4) is 5.75 Å². The first-order chi connectivity index (χ1) is 18.8. The van der Waals surface area contributed by atoms with Crippen LogP contribution in [0.4, 0.5) is 10.1 Å². The highest BCUT2D eigenvalue weighted by molar-refractivity contribution is 6.14. The minimum atomic E-state index is -1.29. The number of carbonyl (C=O) groups excluding carboxylic acids is 3. The van der Waals surface area contributed by atoms with Crippen LogP contribution >= 0.6 is 0 Å². The van der Waals surface area contributed by atoms with Crippen LogP contribution in [0.2, 0.25) is 0 Å². The van der Waals surface area contributed by atoms with Crippen LogP contribution in [-0.2, 0) is 16.2 Å². The van der Waals surface area contributed by atoms with Crippen LogP contribution in [0.5, 0.6) is 5.75 Å². The van der Waals surface area contributed by atoms with Gasteiger partial charge < -0.3 is 10.1 Å². The molecule has 1 N–H and O–H groups in total. The largest absolute Gasteiger partial charge is 0.489 e. The number of nitrogens with one attached hydrogen (secondary N) is 1. The van der Waals surface area contributed by atoms with E-state index in [0.717, 1.165) is 5.56 Å². The normalized spacial score (nSPS) is 12.4. The number of ether oxygens (including phenoxy) is 1. The van der Waals surface area contributed by atoms with Crippen LogP contribution in [-0.4, -0.2) is 17.5 Å². The summed E-state index contributed by atoms with van der Waals surface area (Å²) in [7, 11) is 0. The monoisotopic (exact) mass is 523 g/mol. The second-order valence-corrected chi connectivity index (χ2v) is 9.58. The van der Waals surface area contributed by atoms with Gasteiger partial charge in [-0.05, 0) is 59.7 Å². The lowest BCUT2D eigenvalue weighted by Crippen LogP contribution is -2.40. The van der Waals surface area contributed by atoms with Gasteiger partial charge in [-0.3, -0.25) is 14.4 Å². The predicted molar refractivity (Wildman–Crippen MR) is 149 cm³/mol. The Labute approximate surface area is 227 Å². The standard InChI is InChI=1S/C33H30FNO4/c1-22(2)31(36)30(29(24-11-7-4-8-12-24)32(37)25-13-15-26(34)16-14-25)33(38)35-27-17-19-28(20-18-27)39-21-23-9-5-3-6-10-23/h3-20,22,29-30H,21H2,1-2H3,(H,35,38)/t29-,30+/m0/s1. The predicted octanol–water partition coefficient (Wildman–Crippen LogP) is 6.85. The molecule has 1 amide bonds. The van der Waals surface area contributed by atoms with Gasteiger partial charge in [0, 0.05) is 17.2 Å². The Balaban J connectivity index is 1.60. The van der Waals surface area contributed by atoms with Gasteiger partial charge in [-0.1, -0.05) is 74.5 Å². The van der Waals surface area contributed by atoms with Crippen LogP contribution < -0.4 is 10.1 Å². The molecule has 0 saturated carbocycles. The average Bonchev–Trinajstić information content (AvgIpc) is 2.96. The van der Waals surface area contributed by atoms with Crippen LogP contribution in [0.25, 0.3) is 0 Å². The van der Waals surface area contributed by atoms with Crippen molar-refractivity contribution in [2.75, 3.05) is 5.32 Å². The maximum absolute atomic E-state index is 13.7. The van der Waals surface area contributed by atoms with Gasteiger partial charge in [-0.2, -0.15) is 0 Å². The summed E-state index contributed by atoms with van der Waals surface area (Å²) in [5.41, 5.74) is 2.25. The lowest BCUT2D eigenvalue weighted by molar-refractivity contribution is -0.133. The summed E-state index contributed by atoms with van der Waals surface area (Å²) in [5.74, 6) is -4.11. The molecule has 0 spiro atoms. The van der Waals surface area contributed by atoms with E-state index in [-0.39, 0.29) is 11.3 Å². The Morgan fingerprint density at radius 2 is 1.36 bits per heavy atom. The van der Waals surface area contributed by atoms with Crippen LogP contribution in [0, 0.1) is 17.7 Å². The van der Waals surface area contributed by atoms with E-state index in [4.69, 9.17) is 4.74 Å². The topological polar surface area (TPSA) is 72.5 Å². The van der Waals surface area contributed by atoms with Crippen LogP contribution in [0.15, 0.2) is 109 Å². The minimum Gasteiger partial charge on any atom is -0.489 e. The summed E-state index contributed by atoms with van der Waals surface area (Å²) < 4.78 is 19.4. The molecular weight excluding hydrogens is 493 g/mol. The van der Waals surface area contributed by atoms with Crippen molar-refractivity contribution in [2.45, 2.75) is 26.4 Å². The number of rotatable bonds is 11. The summed E-state index contributed by atoms with van der Waals surface area (Å²) in [6, 6.07) is 30.5. The molecule has 0 unspecified atom stereocenters. The highest BCUT2D eigenvalue weighted by Gasteiger charge is 2.41. The molecular formula is C33H30FNO4. The lowest BCUT2D eigenvalue weighted by atomic mass is 9.75. The Kier molecular flexibility index (Phi) is 9.00. The molecule has 4 aromatic rings. The molecule has 0 fully saturated rings. The van der Waals surface area contributed by atoms with E-state index in [1.807, 2.05) is 30.3 Å². The van der Waals surface area contributed by atoms with Crippen molar-refractivity contribution >= 4 is 23.2 Å². The van der Waals surface area contributed by atoms with E-state index in [0.29, 0.717) is 23.6 Å². The molecule has 0 heterocycles. The SMILES string of the molecule is CC(C)C(=O)[C@H](C(=O)Nc1ccc(OCc2ccccc2)cc1)[C@@H](C(=O)c1ccc(F)cc1)c1ccccc1. The van der Waals surface area contributed by atoms with Gasteiger partial charge >= 0.3 is 0 Å². The first kappa shape index (κ1) is 27.5. The Morgan fingerprint density at radius 3 is 1.95 bits per heavy atom. The van der Waals surface area contributed by atoms with Crippen LogP contribution in [0.1, 0.15) is 41.3 Å². The van der Waals surface area contributed by atoms with Crippen molar-refractivity contribution in [1.29, 1.82) is 0 Å². The molecule has 0 aliphatic heterocycles. The zero-order valence-corrected chi connectivity index (χ0v) is 21.8. The number of hydrogen-bond acceptors (Lipinski definition) is 4. The van der Waals surface area contributed by atoms with E-state index in [2.05, 4.69) is 5.32 Å². The molecule has 0 radical (unpaired) electrons. The molecule has 5 nitrogen and oxygen atoms in total. The lowest BCUT2D eigenvalue weighted by Gasteiger charge is -2.26. The molecule has 4 rings (SSSR count). The zero-order valence-electron chi connectivity index (χ0n) is 21.8. The molecule has 0 aliphatic carbocycles. The number of hydrogen-bond donors (Lipinski definition) is 1. The maximum atomic E-state index is 13.7. The highest BCUT2D eigenvalue weighted by Crippen LogP contribution is 2.33. The van der Waals surface area contributed by atoms with E-state index < -0.39 is 35.3 Å². The van der Waals surface area contributed by atoms with Gasteiger partial charge in [-0.25, -0.2) is 4.39 Å². The fourth-order valence-electron chi connectivity index (χ4n) is 4.35. The number of ketones is 2. The number of halogens is 1. The number of amides is 1. The van der Waals surface area contributed by atoms with Crippen molar-refractivity contribution < 1.29 is 23.5 Å². The molecule has 0 aliphatic rings. The third-order valence-electron chi connectivity index (χ3n) is 6.43. The first-order valence-electron chi connectivity index (χ1n) is 12.8. The average molecular weight is 524 g/mol. The van der Waals surface area contributed by atoms with Gasteiger partial charge in [0.1, 0.15) is 29.9 Å². The molecule has 0 aromatic heterocycles. The van der Waals surface area contributed by atoms with Crippen molar-refractivity contribution in [2.24, 2.45) is 11.8 Å². The second-order valence-electron chi connectivity index (χ2n) is 9.58. The fraction of sp³-hybridized carbons (Fsp3) is 0.182. The number of carbonyl (C=O) groups is 3. The van der Waals surface area contributed by atoms with Crippen LogP contribution in [0.3, 0.4) is 0 Å². The molecule has 0 bridgehead atoms. The van der Waals surface area contributed by atoms with Gasteiger partial charge in [0.15, 0.2) is 5.78 Å². The summed E-state index contributed by atoms with van der Waals surface area (Å²) >= 11 is 0. The fourth-order valence-corrected chi connectivity index (χ4v) is 4.35. The zero-order chi connectivity index (χ0) is 27.8. The smallest absolute Gasteiger partial charge is 0.236 e. The van der Waals surface area contributed by atoms with E-state index >= 15 is 0 Å². The highest BCUT2D eigenvalue weighted by atomic mass is 19.1. The molecule has 6 heteroatoms. The second kappa shape index (κ2) is 12.8. The van der Waals surface area contributed by atoms with Gasteiger partial charge in [-0.15, -0.1) is 0 Å². The Bertz CT molecular complexity index is 1400. The Morgan fingerprint density at radius 1 is 0.769 bits per heavy atom. The third kappa shape index (κ3) is 7.05. The van der Waals surface area contributed by atoms with Gasteiger partial charge in [0.25, 0.3) is 0 Å². The quantitative estimate of drug-likeness (QED) is 0.172. The minimum absolute atomic E-state index is 0.222.